The molecule has 7 N–H and O–H groups in total. The van der Waals surface area contributed by atoms with Crippen molar-refractivity contribution in [1.82, 2.24) is 25.8 Å². The molecule has 9 heteroatoms. The number of ether oxygens (including phenoxy) is 2. The minimum atomic E-state index is -0.436. The van der Waals surface area contributed by atoms with E-state index in [4.69, 9.17) is 20.9 Å². The molecule has 9 nitrogen and oxygen atoms in total. The van der Waals surface area contributed by atoms with Gasteiger partial charge < -0.3 is 20.9 Å². The van der Waals surface area contributed by atoms with E-state index in [0.717, 1.165) is 26.4 Å². The van der Waals surface area contributed by atoms with Crippen LogP contribution in [-0.4, -0.2) is 80.9 Å². The summed E-state index contributed by atoms with van der Waals surface area (Å²) in [7, 11) is 0. The molecule has 3 fully saturated rings. The van der Waals surface area contributed by atoms with Gasteiger partial charge >= 0.3 is 0 Å². The van der Waals surface area contributed by atoms with Gasteiger partial charge in [0.2, 0.25) is 0 Å². The summed E-state index contributed by atoms with van der Waals surface area (Å²) in [5.41, 5.74) is 11.9. The van der Waals surface area contributed by atoms with Crippen LogP contribution in [0.2, 0.25) is 0 Å². The van der Waals surface area contributed by atoms with Crippen molar-refractivity contribution in [3.63, 3.8) is 0 Å². The minimum Gasteiger partial charge on any atom is -0.361 e. The van der Waals surface area contributed by atoms with Crippen molar-refractivity contribution in [3.8, 4) is 0 Å². The van der Waals surface area contributed by atoms with Crippen molar-refractivity contribution in [3.05, 3.63) is 0 Å². The van der Waals surface area contributed by atoms with Gasteiger partial charge in [-0.3, -0.25) is 25.8 Å². The van der Waals surface area contributed by atoms with Crippen LogP contribution in [0, 0.1) is 0 Å². The van der Waals surface area contributed by atoms with Gasteiger partial charge in [-0.15, -0.1) is 0 Å². The molecular formula is C11H25N7O2. The summed E-state index contributed by atoms with van der Waals surface area (Å²) >= 11 is 0. The molecule has 2 unspecified atom stereocenters. The van der Waals surface area contributed by atoms with Crippen molar-refractivity contribution < 1.29 is 9.47 Å². The van der Waals surface area contributed by atoms with Crippen LogP contribution < -0.4 is 27.4 Å². The first kappa shape index (κ1) is 14.6. The molecule has 0 radical (unpaired) electrons. The second-order valence-corrected chi connectivity index (χ2v) is 5.34. The molecule has 3 saturated heterocycles. The maximum Gasteiger partial charge on any atom is 0.189 e. The van der Waals surface area contributed by atoms with Gasteiger partial charge in [0.1, 0.15) is 12.5 Å². The zero-order chi connectivity index (χ0) is 14.0. The lowest BCUT2D eigenvalue weighted by atomic mass is 10.2. The molecular weight excluding hydrogens is 262 g/mol. The third-order valence-corrected chi connectivity index (χ3v) is 4.02. The van der Waals surface area contributed by atoms with E-state index in [-0.39, 0.29) is 12.5 Å². The topological polar surface area (TPSA) is 113 Å². The van der Waals surface area contributed by atoms with E-state index in [9.17, 15) is 0 Å². The molecule has 0 aromatic rings. The number of nitrogens with two attached hydrogens (primary N) is 2. The van der Waals surface area contributed by atoms with Crippen LogP contribution in [0.25, 0.3) is 0 Å². The Morgan fingerprint density at radius 2 is 1.40 bits per heavy atom. The van der Waals surface area contributed by atoms with Crippen LogP contribution in [0.1, 0.15) is 0 Å². The predicted octanol–water partition coefficient (Wildman–Crippen LogP) is -3.47. The van der Waals surface area contributed by atoms with Crippen molar-refractivity contribution >= 4 is 0 Å². The summed E-state index contributed by atoms with van der Waals surface area (Å²) in [4.78, 5) is 4.58. The number of hydrogen-bond acceptors (Lipinski definition) is 9. The average molecular weight is 287 g/mol. The second kappa shape index (κ2) is 6.18. The van der Waals surface area contributed by atoms with Gasteiger partial charge in [-0.1, -0.05) is 0 Å². The van der Waals surface area contributed by atoms with E-state index in [1.807, 2.05) is 0 Å². The zero-order valence-electron chi connectivity index (χ0n) is 11.7. The highest BCUT2D eigenvalue weighted by Crippen LogP contribution is 2.21. The normalized spacial score (nSPS) is 36.9. The van der Waals surface area contributed by atoms with Crippen molar-refractivity contribution in [1.29, 1.82) is 0 Å². The minimum absolute atomic E-state index is 0.256. The van der Waals surface area contributed by atoms with Crippen LogP contribution in [0.15, 0.2) is 0 Å². The Morgan fingerprint density at radius 3 is 1.85 bits per heavy atom. The maximum absolute atomic E-state index is 5.94. The van der Waals surface area contributed by atoms with E-state index in [0.29, 0.717) is 26.3 Å². The van der Waals surface area contributed by atoms with E-state index < -0.39 is 5.91 Å². The Labute approximate surface area is 118 Å². The first-order valence-corrected chi connectivity index (χ1v) is 7.16. The number of morpholine rings is 2. The molecule has 116 valence electrons. The predicted molar refractivity (Wildman–Crippen MR) is 72.9 cm³/mol. The highest BCUT2D eigenvalue weighted by atomic mass is 16.5. The molecule has 0 aliphatic carbocycles. The zero-order valence-corrected chi connectivity index (χ0v) is 11.7. The van der Waals surface area contributed by atoms with Crippen LogP contribution in [0.3, 0.4) is 0 Å². The molecule has 0 saturated carbocycles. The quantitative estimate of drug-likeness (QED) is 0.353. The Bertz CT molecular complexity index is 302. The van der Waals surface area contributed by atoms with Gasteiger partial charge in [0.05, 0.1) is 26.6 Å². The number of hydrogen-bond donors (Lipinski definition) is 5. The monoisotopic (exact) mass is 287 g/mol. The number of nitrogens with one attached hydrogen (secondary N) is 3. The fraction of sp³-hybridized carbons (Fsp3) is 1.00. The smallest absolute Gasteiger partial charge is 0.189 e. The standard InChI is InChI=1S/C11H25N7O2/c12-9-5-17(1-3-19-9)11(15-7-14-8-16-11)18-2-4-20-10(13)6-18/h9-10,14-16H,1-8,12-13H2. The molecule has 3 aliphatic rings. The largest absolute Gasteiger partial charge is 0.361 e. The first-order chi connectivity index (χ1) is 9.71. The fourth-order valence-corrected chi connectivity index (χ4v) is 3.08. The fourth-order valence-electron chi connectivity index (χ4n) is 3.08. The second-order valence-electron chi connectivity index (χ2n) is 5.34. The Hall–Kier alpha value is -0.360. The van der Waals surface area contributed by atoms with Crippen LogP contribution >= 0.6 is 0 Å². The Kier molecular flexibility index (Phi) is 4.50. The Morgan fingerprint density at radius 1 is 0.900 bits per heavy atom. The number of nitrogens with zero attached hydrogens (tertiary/aromatic N) is 2. The maximum atomic E-state index is 5.94. The summed E-state index contributed by atoms with van der Waals surface area (Å²) in [6.45, 7) is 5.71. The van der Waals surface area contributed by atoms with E-state index in [1.165, 1.54) is 0 Å². The van der Waals surface area contributed by atoms with Crippen molar-refractivity contribution in [2.45, 2.75) is 18.4 Å². The molecule has 0 aromatic heterocycles. The summed E-state index contributed by atoms with van der Waals surface area (Å²) in [5.74, 6) is -0.436. The first-order valence-electron chi connectivity index (χ1n) is 7.16. The van der Waals surface area contributed by atoms with Gasteiger partial charge in [-0.05, 0) is 0 Å². The highest BCUT2D eigenvalue weighted by Gasteiger charge is 2.46. The lowest BCUT2D eigenvalue weighted by Crippen LogP contribution is -2.83. The lowest BCUT2D eigenvalue weighted by Gasteiger charge is -2.56. The summed E-state index contributed by atoms with van der Waals surface area (Å²) in [6, 6.07) is 0. The van der Waals surface area contributed by atoms with E-state index in [1.54, 1.807) is 0 Å². The van der Waals surface area contributed by atoms with Gasteiger partial charge in [-0.25, -0.2) is 0 Å². The lowest BCUT2D eigenvalue weighted by molar-refractivity contribution is -0.193. The van der Waals surface area contributed by atoms with Gasteiger partial charge in [0.25, 0.3) is 0 Å². The van der Waals surface area contributed by atoms with Crippen molar-refractivity contribution in [2.24, 2.45) is 11.5 Å². The third-order valence-electron chi connectivity index (χ3n) is 4.02. The highest BCUT2D eigenvalue weighted by molar-refractivity contribution is 4.92. The summed E-state index contributed by atoms with van der Waals surface area (Å²) < 4.78 is 10.9. The Balaban J connectivity index is 1.79. The number of rotatable bonds is 2. The summed E-state index contributed by atoms with van der Waals surface area (Å²) in [6.07, 6.45) is -0.511. The van der Waals surface area contributed by atoms with E-state index >= 15 is 0 Å². The van der Waals surface area contributed by atoms with Crippen molar-refractivity contribution in [2.75, 3.05) is 52.7 Å². The molecule has 3 heterocycles. The molecule has 0 aromatic carbocycles. The van der Waals surface area contributed by atoms with Crippen LogP contribution in [0.4, 0.5) is 0 Å². The van der Waals surface area contributed by atoms with Gasteiger partial charge in [-0.2, -0.15) is 0 Å². The van der Waals surface area contributed by atoms with Gasteiger partial charge in [0, 0.05) is 26.2 Å². The molecule has 2 atom stereocenters. The summed E-state index contributed by atoms with van der Waals surface area (Å²) in [5, 5.41) is 10.3. The van der Waals surface area contributed by atoms with Crippen LogP contribution in [-0.2, 0) is 9.47 Å². The average Bonchev–Trinajstić information content (AvgIpc) is 2.48. The molecule has 3 rings (SSSR count). The molecule has 20 heavy (non-hydrogen) atoms. The van der Waals surface area contributed by atoms with Gasteiger partial charge in [0.15, 0.2) is 5.91 Å². The molecule has 0 amide bonds. The molecule has 0 spiro atoms. The third kappa shape index (κ3) is 2.82. The molecule has 0 bridgehead atoms. The molecule has 3 aliphatic heterocycles. The SMILES string of the molecule is NC1CN(C2(N3CCOC(N)C3)NCNCN2)CCO1. The van der Waals surface area contributed by atoms with Crippen LogP contribution in [0.5, 0.6) is 0 Å². The van der Waals surface area contributed by atoms with E-state index in [2.05, 4.69) is 25.8 Å².